The van der Waals surface area contributed by atoms with Crippen molar-refractivity contribution in [1.29, 1.82) is 0 Å². The lowest BCUT2D eigenvalue weighted by Crippen LogP contribution is -2.38. The molecule has 186 valence electrons. The molecular weight excluding hydrogens is 495 g/mol. The Balaban J connectivity index is 1.65. The Bertz CT molecular complexity index is 1230. The van der Waals surface area contributed by atoms with Gasteiger partial charge in [-0.25, -0.2) is 9.78 Å². The molecule has 0 aliphatic rings. The second-order valence-electron chi connectivity index (χ2n) is 8.54. The van der Waals surface area contributed by atoms with E-state index in [1.807, 2.05) is 26.0 Å². The normalized spacial score (nSPS) is 12.0. The summed E-state index contributed by atoms with van der Waals surface area (Å²) in [6.45, 7) is 11.0. The molecule has 9 heteroatoms. The summed E-state index contributed by atoms with van der Waals surface area (Å²) in [7, 11) is 0. The third-order valence-electron chi connectivity index (χ3n) is 5.35. The van der Waals surface area contributed by atoms with Crippen LogP contribution in [0.25, 0.3) is 10.6 Å². The molecule has 1 aromatic heterocycles. The predicted molar refractivity (Wildman–Crippen MR) is 134 cm³/mol. The number of carboxylic acid groups (broad SMARTS) is 1. The molecule has 0 radical (unpaired) electrons. The number of aliphatic carboxylic acids is 1. The van der Waals surface area contributed by atoms with Crippen molar-refractivity contribution in [3.8, 4) is 16.3 Å². The van der Waals surface area contributed by atoms with Crippen molar-refractivity contribution in [1.82, 2.24) is 4.98 Å². The number of carbonyl (C=O) groups is 1. The summed E-state index contributed by atoms with van der Waals surface area (Å²) in [5, 5.41) is 10.0. The van der Waals surface area contributed by atoms with Crippen LogP contribution in [0.4, 0.5) is 13.2 Å². The van der Waals surface area contributed by atoms with Crippen LogP contribution >= 0.6 is 23.1 Å². The van der Waals surface area contributed by atoms with Crippen molar-refractivity contribution in [2.75, 3.05) is 0 Å². The maximum Gasteiger partial charge on any atom is 0.416 e. The van der Waals surface area contributed by atoms with Crippen molar-refractivity contribution < 1.29 is 27.8 Å². The van der Waals surface area contributed by atoms with E-state index in [0.717, 1.165) is 38.1 Å². The van der Waals surface area contributed by atoms with Crippen LogP contribution in [0.15, 0.2) is 58.8 Å². The number of aryl methyl sites for hydroxylation is 2. The Kier molecular flexibility index (Phi) is 8.01. The van der Waals surface area contributed by atoms with E-state index in [1.165, 1.54) is 49.1 Å². The smallest absolute Gasteiger partial charge is 0.416 e. The number of thiazole rings is 1. The molecule has 3 rings (SSSR count). The first-order chi connectivity index (χ1) is 16.3. The summed E-state index contributed by atoms with van der Waals surface area (Å²) in [5.41, 5.74) is 0.317. The van der Waals surface area contributed by atoms with Crippen LogP contribution in [0.5, 0.6) is 5.75 Å². The van der Waals surface area contributed by atoms with Gasteiger partial charge in [-0.05, 0) is 69.7 Å². The summed E-state index contributed by atoms with van der Waals surface area (Å²) in [4.78, 5) is 18.9. The van der Waals surface area contributed by atoms with Crippen molar-refractivity contribution in [2.45, 2.75) is 57.2 Å². The first kappa shape index (κ1) is 26.8. The van der Waals surface area contributed by atoms with Crippen LogP contribution < -0.4 is 4.74 Å². The fourth-order valence-electron chi connectivity index (χ4n) is 3.18. The van der Waals surface area contributed by atoms with E-state index < -0.39 is 23.3 Å². The monoisotopic (exact) mass is 521 g/mol. The lowest BCUT2D eigenvalue weighted by Gasteiger charge is -2.23. The molecule has 0 bridgehead atoms. The van der Waals surface area contributed by atoms with Crippen LogP contribution in [0, 0.1) is 13.8 Å². The van der Waals surface area contributed by atoms with Crippen LogP contribution in [0.2, 0.25) is 0 Å². The van der Waals surface area contributed by atoms with E-state index in [-0.39, 0.29) is 0 Å². The second-order valence-corrected chi connectivity index (χ2v) is 10.8. The Hall–Kier alpha value is -2.78. The number of alkyl halides is 3. The highest BCUT2D eigenvalue weighted by molar-refractivity contribution is 8.03. The molecule has 0 unspecified atom stereocenters. The summed E-state index contributed by atoms with van der Waals surface area (Å²) in [6, 6.07) is 10.5. The minimum Gasteiger partial charge on any atom is -0.478 e. The molecule has 1 heterocycles. The third-order valence-corrected chi connectivity index (χ3v) is 7.77. The molecular formula is C26H26F3NO3S2. The summed E-state index contributed by atoms with van der Waals surface area (Å²) >= 11 is 2.98. The van der Waals surface area contributed by atoms with Gasteiger partial charge in [0.05, 0.1) is 11.3 Å². The van der Waals surface area contributed by atoms with Gasteiger partial charge in [0.15, 0.2) is 5.60 Å². The van der Waals surface area contributed by atoms with E-state index in [0.29, 0.717) is 29.2 Å². The van der Waals surface area contributed by atoms with Crippen LogP contribution in [-0.2, 0) is 17.4 Å². The molecule has 1 N–H and O–H groups in total. The zero-order chi connectivity index (χ0) is 26.0. The minimum atomic E-state index is -4.36. The van der Waals surface area contributed by atoms with Gasteiger partial charge in [-0.2, -0.15) is 13.2 Å². The van der Waals surface area contributed by atoms with Gasteiger partial charge >= 0.3 is 12.1 Å². The summed E-state index contributed by atoms with van der Waals surface area (Å²) < 4.78 is 44.2. The number of ether oxygens (including phenoxy) is 1. The van der Waals surface area contributed by atoms with Crippen molar-refractivity contribution >= 4 is 29.1 Å². The summed E-state index contributed by atoms with van der Waals surface area (Å²) in [6.07, 6.45) is -2.97. The van der Waals surface area contributed by atoms with E-state index in [1.54, 1.807) is 6.07 Å². The van der Waals surface area contributed by atoms with Gasteiger partial charge in [0, 0.05) is 20.9 Å². The highest BCUT2D eigenvalue weighted by atomic mass is 32.2. The molecule has 0 fully saturated rings. The van der Waals surface area contributed by atoms with E-state index >= 15 is 0 Å². The molecule has 2 aromatic carbocycles. The largest absolute Gasteiger partial charge is 0.478 e. The number of nitrogens with zero attached hydrogens (tertiary/aromatic N) is 1. The average molecular weight is 522 g/mol. The van der Waals surface area contributed by atoms with E-state index in [9.17, 15) is 23.1 Å². The lowest BCUT2D eigenvalue weighted by molar-refractivity contribution is -0.152. The first-order valence-corrected chi connectivity index (χ1v) is 12.4. The third kappa shape index (κ3) is 6.67. The topological polar surface area (TPSA) is 59.4 Å². The molecule has 35 heavy (non-hydrogen) atoms. The molecule has 0 aliphatic carbocycles. The highest BCUT2D eigenvalue weighted by Crippen LogP contribution is 2.37. The molecule has 0 saturated carbocycles. The first-order valence-electron chi connectivity index (χ1n) is 10.8. The van der Waals surface area contributed by atoms with Gasteiger partial charge in [-0.3, -0.25) is 0 Å². The molecule has 0 amide bonds. The Morgan fingerprint density at radius 1 is 1.14 bits per heavy atom. The average Bonchev–Trinajstić information content (AvgIpc) is 3.15. The van der Waals surface area contributed by atoms with Gasteiger partial charge < -0.3 is 9.84 Å². The maximum atomic E-state index is 12.8. The van der Waals surface area contributed by atoms with Crippen molar-refractivity contribution in [3.05, 3.63) is 75.6 Å². The van der Waals surface area contributed by atoms with Gasteiger partial charge in [-0.1, -0.05) is 36.5 Å². The lowest BCUT2D eigenvalue weighted by atomic mass is 10.1. The zero-order valence-electron chi connectivity index (χ0n) is 19.8. The van der Waals surface area contributed by atoms with Crippen LogP contribution in [0.3, 0.4) is 0 Å². The molecule has 0 atom stereocenters. The molecule has 3 aromatic rings. The van der Waals surface area contributed by atoms with Gasteiger partial charge in [0.2, 0.25) is 0 Å². The number of hydrogen-bond acceptors (Lipinski definition) is 5. The standard InChI is InChI=1S/C26H26F3NO3S2/c1-15(34-21-8-6-7-20(16(21)2)33-25(4,5)24(31)32)9-14-22-17(3)30-23(35-22)18-10-12-19(13-11-18)26(27,28)29/h6-8,10-13H,1,9,14H2,2-5H3,(H,31,32). The maximum absolute atomic E-state index is 12.8. The Morgan fingerprint density at radius 2 is 1.80 bits per heavy atom. The van der Waals surface area contributed by atoms with Crippen molar-refractivity contribution in [2.24, 2.45) is 0 Å². The molecule has 4 nitrogen and oxygen atoms in total. The SMILES string of the molecule is C=C(CCc1sc(-c2ccc(C(F)(F)F)cc2)nc1C)Sc1cccc(OC(C)(C)C(=O)O)c1C. The number of carboxylic acids is 1. The Labute approximate surface area is 210 Å². The van der Waals surface area contributed by atoms with Crippen molar-refractivity contribution in [3.63, 3.8) is 0 Å². The minimum absolute atomic E-state index is 0.509. The fraction of sp³-hybridized carbons (Fsp3) is 0.308. The zero-order valence-corrected chi connectivity index (χ0v) is 21.5. The number of halogens is 3. The highest BCUT2D eigenvalue weighted by Gasteiger charge is 2.31. The van der Waals surface area contributed by atoms with Crippen LogP contribution in [-0.4, -0.2) is 21.7 Å². The van der Waals surface area contributed by atoms with E-state index in [2.05, 4.69) is 11.6 Å². The molecule has 0 aliphatic heterocycles. The van der Waals surface area contributed by atoms with E-state index in [4.69, 9.17) is 4.74 Å². The second kappa shape index (κ2) is 10.5. The number of benzene rings is 2. The van der Waals surface area contributed by atoms with Gasteiger partial charge in [0.1, 0.15) is 10.8 Å². The number of allylic oxidation sites excluding steroid dienone is 1. The fourth-order valence-corrected chi connectivity index (χ4v) is 5.16. The number of thioether (sulfide) groups is 1. The Morgan fingerprint density at radius 3 is 2.40 bits per heavy atom. The number of hydrogen-bond donors (Lipinski definition) is 1. The number of rotatable bonds is 9. The quantitative estimate of drug-likeness (QED) is 0.290. The molecule has 0 saturated heterocycles. The molecule has 0 spiro atoms. The van der Waals surface area contributed by atoms with Crippen LogP contribution in [0.1, 0.15) is 42.0 Å². The number of aromatic nitrogens is 1. The predicted octanol–water partition coefficient (Wildman–Crippen LogP) is 7.93. The van der Waals surface area contributed by atoms with Gasteiger partial charge in [-0.15, -0.1) is 11.3 Å². The van der Waals surface area contributed by atoms with Gasteiger partial charge in [0.25, 0.3) is 0 Å². The summed E-state index contributed by atoms with van der Waals surface area (Å²) in [5.74, 6) is -0.537.